The number of nitrogens with zero attached hydrogens (tertiary/aromatic N) is 5. The Labute approximate surface area is 120 Å². The van der Waals surface area contributed by atoms with Crippen LogP contribution in [0.3, 0.4) is 0 Å². The zero-order valence-electron chi connectivity index (χ0n) is 11.7. The van der Waals surface area contributed by atoms with Crippen molar-refractivity contribution in [2.45, 2.75) is 24.5 Å². The molecule has 4 atom stereocenters. The molecule has 1 saturated heterocycles. The summed E-state index contributed by atoms with van der Waals surface area (Å²) in [5.74, 6) is 0.644. The van der Waals surface area contributed by atoms with Gasteiger partial charge in [0.1, 0.15) is 24.6 Å². The number of hydrogen-bond acceptors (Lipinski definition) is 8. The van der Waals surface area contributed by atoms with E-state index in [4.69, 9.17) is 9.84 Å². The molecule has 1 aliphatic rings. The monoisotopic (exact) mass is 295 g/mol. The molecule has 3 N–H and O–H groups in total. The van der Waals surface area contributed by atoms with Gasteiger partial charge in [0.2, 0.25) is 0 Å². The first-order valence-corrected chi connectivity index (χ1v) is 6.52. The number of aromatic nitrogens is 4. The summed E-state index contributed by atoms with van der Waals surface area (Å²) in [6.07, 6.45) is -1.14. The molecule has 21 heavy (non-hydrogen) atoms. The SMILES string of the molecule is CN(C)c1ncnc2c1ncn2[C@@H]1O[C@H](CO)[C@H](O)C1O. The lowest BCUT2D eigenvalue weighted by Gasteiger charge is -2.17. The Bertz CT molecular complexity index is 646. The van der Waals surface area contributed by atoms with Gasteiger partial charge in [-0.2, -0.15) is 0 Å². The minimum absolute atomic E-state index is 0.376. The number of hydrogen-bond donors (Lipinski definition) is 3. The van der Waals surface area contributed by atoms with E-state index in [0.29, 0.717) is 17.0 Å². The van der Waals surface area contributed by atoms with E-state index in [-0.39, 0.29) is 6.61 Å². The Morgan fingerprint density at radius 2 is 2.00 bits per heavy atom. The molecular weight excluding hydrogens is 278 g/mol. The normalized spacial score (nSPS) is 29.2. The molecular formula is C12H17N5O4. The van der Waals surface area contributed by atoms with Gasteiger partial charge in [-0.3, -0.25) is 4.57 Å². The van der Waals surface area contributed by atoms with Crippen molar-refractivity contribution in [1.82, 2.24) is 19.5 Å². The maximum atomic E-state index is 10.1. The molecule has 2 aromatic rings. The van der Waals surface area contributed by atoms with Crippen LogP contribution >= 0.6 is 0 Å². The van der Waals surface area contributed by atoms with Gasteiger partial charge in [0.05, 0.1) is 12.9 Å². The van der Waals surface area contributed by atoms with Crippen LogP contribution in [0.25, 0.3) is 11.2 Å². The fraction of sp³-hybridized carbons (Fsp3) is 0.583. The van der Waals surface area contributed by atoms with Gasteiger partial charge < -0.3 is 25.0 Å². The number of anilines is 1. The predicted octanol–water partition coefficient (Wildman–Crippen LogP) is -1.50. The molecule has 0 amide bonds. The Morgan fingerprint density at radius 1 is 1.24 bits per heavy atom. The largest absolute Gasteiger partial charge is 0.394 e. The molecule has 1 fully saturated rings. The molecule has 1 aliphatic heterocycles. The van der Waals surface area contributed by atoms with Crippen LogP contribution in [0.5, 0.6) is 0 Å². The number of aliphatic hydroxyl groups excluding tert-OH is 3. The zero-order chi connectivity index (χ0) is 15.1. The lowest BCUT2D eigenvalue weighted by Crippen LogP contribution is -2.33. The summed E-state index contributed by atoms with van der Waals surface area (Å²) in [6.45, 7) is -0.376. The number of fused-ring (bicyclic) bond motifs is 1. The molecule has 0 radical (unpaired) electrons. The second-order valence-corrected chi connectivity index (χ2v) is 5.14. The Hall–Kier alpha value is -1.81. The lowest BCUT2D eigenvalue weighted by atomic mass is 10.1. The highest BCUT2D eigenvalue weighted by Gasteiger charge is 2.44. The molecule has 9 nitrogen and oxygen atoms in total. The molecule has 3 rings (SSSR count). The van der Waals surface area contributed by atoms with Crippen molar-refractivity contribution in [3.8, 4) is 0 Å². The van der Waals surface area contributed by atoms with Crippen molar-refractivity contribution < 1.29 is 20.1 Å². The van der Waals surface area contributed by atoms with Crippen molar-refractivity contribution in [3.05, 3.63) is 12.7 Å². The molecule has 114 valence electrons. The fourth-order valence-corrected chi connectivity index (χ4v) is 2.46. The first-order chi connectivity index (χ1) is 10.0. The summed E-state index contributed by atoms with van der Waals surface area (Å²) >= 11 is 0. The highest BCUT2D eigenvalue weighted by molar-refractivity contribution is 5.83. The van der Waals surface area contributed by atoms with Gasteiger partial charge in [-0.1, -0.05) is 0 Å². The average Bonchev–Trinajstić information content (AvgIpc) is 3.01. The third-order valence-electron chi connectivity index (χ3n) is 3.55. The minimum Gasteiger partial charge on any atom is -0.394 e. The highest BCUT2D eigenvalue weighted by atomic mass is 16.6. The number of ether oxygens (including phenoxy) is 1. The van der Waals surface area contributed by atoms with Crippen molar-refractivity contribution >= 4 is 17.0 Å². The summed E-state index contributed by atoms with van der Waals surface area (Å²) in [5.41, 5.74) is 1.06. The van der Waals surface area contributed by atoms with Gasteiger partial charge in [-0.15, -0.1) is 0 Å². The topological polar surface area (TPSA) is 117 Å². The van der Waals surface area contributed by atoms with E-state index >= 15 is 0 Å². The molecule has 0 bridgehead atoms. The second-order valence-electron chi connectivity index (χ2n) is 5.14. The van der Waals surface area contributed by atoms with Gasteiger partial charge in [0.25, 0.3) is 0 Å². The molecule has 9 heteroatoms. The summed E-state index contributed by atoms with van der Waals surface area (Å²) in [4.78, 5) is 14.4. The molecule has 2 aromatic heterocycles. The van der Waals surface area contributed by atoms with Gasteiger partial charge in [-0.25, -0.2) is 15.0 Å². The Balaban J connectivity index is 2.04. The van der Waals surface area contributed by atoms with Gasteiger partial charge in [0.15, 0.2) is 23.2 Å². The van der Waals surface area contributed by atoms with E-state index in [0.717, 1.165) is 0 Å². The van der Waals surface area contributed by atoms with Gasteiger partial charge >= 0.3 is 0 Å². The zero-order valence-corrected chi connectivity index (χ0v) is 11.7. The maximum absolute atomic E-state index is 10.1. The Morgan fingerprint density at radius 3 is 2.62 bits per heavy atom. The smallest absolute Gasteiger partial charge is 0.167 e. The quantitative estimate of drug-likeness (QED) is 0.626. The summed E-state index contributed by atoms with van der Waals surface area (Å²) < 4.78 is 7.02. The number of aliphatic hydroxyl groups is 3. The molecule has 0 aromatic carbocycles. The maximum Gasteiger partial charge on any atom is 0.167 e. The van der Waals surface area contributed by atoms with Gasteiger partial charge in [0, 0.05) is 14.1 Å². The predicted molar refractivity (Wildman–Crippen MR) is 72.7 cm³/mol. The standard InChI is InChI=1S/C12H17N5O4/c1-16(2)10-7-11(14-4-13-10)17(5-15-7)12-9(20)8(19)6(3-18)21-12/h4-6,8-9,12,18-20H,3H2,1-2H3/t6-,8+,9?,12-/m1/s1. The van der Waals surface area contributed by atoms with Crippen LogP contribution in [0.15, 0.2) is 12.7 Å². The molecule has 0 spiro atoms. The van der Waals surface area contributed by atoms with Crippen LogP contribution < -0.4 is 4.90 Å². The number of rotatable bonds is 3. The first kappa shape index (κ1) is 14.1. The van der Waals surface area contributed by atoms with E-state index in [2.05, 4.69) is 15.0 Å². The van der Waals surface area contributed by atoms with Crippen molar-refractivity contribution in [2.75, 3.05) is 25.6 Å². The second kappa shape index (κ2) is 5.19. The third kappa shape index (κ3) is 2.14. The van der Waals surface area contributed by atoms with Crippen LogP contribution in [-0.4, -0.2) is 73.9 Å². The van der Waals surface area contributed by atoms with E-state index in [1.807, 2.05) is 14.1 Å². The van der Waals surface area contributed by atoms with Crippen LogP contribution in [0, 0.1) is 0 Å². The van der Waals surface area contributed by atoms with Crippen molar-refractivity contribution in [3.63, 3.8) is 0 Å². The third-order valence-corrected chi connectivity index (χ3v) is 3.55. The lowest BCUT2D eigenvalue weighted by molar-refractivity contribution is -0.0511. The molecule has 1 unspecified atom stereocenters. The van der Waals surface area contributed by atoms with E-state index in [1.165, 1.54) is 17.2 Å². The van der Waals surface area contributed by atoms with Crippen molar-refractivity contribution in [2.24, 2.45) is 0 Å². The number of imidazole rings is 1. The fourth-order valence-electron chi connectivity index (χ4n) is 2.46. The van der Waals surface area contributed by atoms with E-state index < -0.39 is 24.5 Å². The van der Waals surface area contributed by atoms with Gasteiger partial charge in [-0.05, 0) is 0 Å². The van der Waals surface area contributed by atoms with Crippen LogP contribution in [0.2, 0.25) is 0 Å². The summed E-state index contributed by atoms with van der Waals surface area (Å²) in [7, 11) is 3.68. The Kier molecular flexibility index (Phi) is 3.49. The highest BCUT2D eigenvalue weighted by Crippen LogP contribution is 2.32. The average molecular weight is 295 g/mol. The van der Waals surface area contributed by atoms with E-state index in [1.54, 1.807) is 4.90 Å². The first-order valence-electron chi connectivity index (χ1n) is 6.52. The van der Waals surface area contributed by atoms with Crippen LogP contribution in [-0.2, 0) is 4.74 Å². The van der Waals surface area contributed by atoms with Crippen LogP contribution in [0.1, 0.15) is 6.23 Å². The minimum atomic E-state index is -1.17. The molecule has 0 saturated carbocycles. The van der Waals surface area contributed by atoms with E-state index in [9.17, 15) is 10.2 Å². The summed E-state index contributed by atoms with van der Waals surface area (Å²) in [5, 5.41) is 29.1. The van der Waals surface area contributed by atoms with Crippen LogP contribution in [0.4, 0.5) is 5.82 Å². The summed E-state index contributed by atoms with van der Waals surface area (Å²) in [6, 6.07) is 0. The molecule has 0 aliphatic carbocycles. The molecule has 3 heterocycles. The van der Waals surface area contributed by atoms with Crippen molar-refractivity contribution in [1.29, 1.82) is 0 Å².